The van der Waals surface area contributed by atoms with E-state index in [0.29, 0.717) is 0 Å². The summed E-state index contributed by atoms with van der Waals surface area (Å²) in [6.07, 6.45) is 4.22. The molecule has 2 aromatic rings. The van der Waals surface area contributed by atoms with E-state index < -0.39 is 0 Å². The molecule has 2 rings (SSSR count). The quantitative estimate of drug-likeness (QED) is 0.863. The first-order valence-corrected chi connectivity index (χ1v) is 8.38. The molecule has 0 aliphatic carbocycles. The molecule has 2 aromatic heterocycles. The highest BCUT2D eigenvalue weighted by molar-refractivity contribution is 9.10. The molecule has 2 heterocycles. The van der Waals surface area contributed by atoms with Crippen molar-refractivity contribution in [2.75, 3.05) is 6.54 Å². The van der Waals surface area contributed by atoms with Crippen LogP contribution < -0.4 is 5.32 Å². The van der Waals surface area contributed by atoms with Crippen LogP contribution in [-0.2, 0) is 13.5 Å². The highest BCUT2D eigenvalue weighted by Gasteiger charge is 2.21. The van der Waals surface area contributed by atoms with Crippen molar-refractivity contribution >= 4 is 27.3 Å². The van der Waals surface area contributed by atoms with Crippen LogP contribution in [0.25, 0.3) is 0 Å². The van der Waals surface area contributed by atoms with E-state index in [4.69, 9.17) is 0 Å². The minimum atomic E-state index is 0.226. The van der Waals surface area contributed by atoms with Crippen LogP contribution in [0, 0.1) is 0 Å². The number of hydrogen-bond acceptors (Lipinski definition) is 3. The van der Waals surface area contributed by atoms with Crippen molar-refractivity contribution in [3.63, 3.8) is 0 Å². The molecule has 3 nitrogen and oxygen atoms in total. The third-order valence-corrected chi connectivity index (χ3v) is 4.89. The first kappa shape index (κ1) is 14.8. The van der Waals surface area contributed by atoms with Crippen LogP contribution in [0.1, 0.15) is 43.1 Å². The van der Waals surface area contributed by atoms with Gasteiger partial charge in [-0.25, -0.2) is 0 Å². The van der Waals surface area contributed by atoms with Crippen LogP contribution in [0.15, 0.2) is 21.4 Å². The summed E-state index contributed by atoms with van der Waals surface area (Å²) in [5.74, 6) is 0. The third-order valence-electron chi connectivity index (χ3n) is 3.14. The van der Waals surface area contributed by atoms with Gasteiger partial charge in [-0.3, -0.25) is 4.68 Å². The summed E-state index contributed by atoms with van der Waals surface area (Å²) >= 11 is 5.38. The van der Waals surface area contributed by atoms with Gasteiger partial charge in [0.15, 0.2) is 0 Å². The van der Waals surface area contributed by atoms with E-state index in [9.17, 15) is 0 Å². The number of thiophene rings is 1. The van der Waals surface area contributed by atoms with Crippen molar-refractivity contribution in [1.82, 2.24) is 15.1 Å². The van der Waals surface area contributed by atoms with Crippen LogP contribution in [-0.4, -0.2) is 16.3 Å². The summed E-state index contributed by atoms with van der Waals surface area (Å²) in [7, 11) is 1.99. The molecule has 0 saturated heterocycles. The largest absolute Gasteiger partial charge is 0.306 e. The lowest BCUT2D eigenvalue weighted by molar-refractivity contribution is 0.594. The van der Waals surface area contributed by atoms with E-state index in [1.807, 2.05) is 11.7 Å². The fraction of sp³-hybridized carbons (Fsp3) is 0.500. The Kier molecular flexibility index (Phi) is 5.19. The van der Waals surface area contributed by atoms with Crippen molar-refractivity contribution in [1.29, 1.82) is 0 Å². The van der Waals surface area contributed by atoms with Gasteiger partial charge in [0.1, 0.15) is 0 Å². The van der Waals surface area contributed by atoms with Gasteiger partial charge in [0.25, 0.3) is 0 Å². The molecule has 0 aliphatic rings. The number of halogens is 1. The van der Waals surface area contributed by atoms with E-state index in [2.05, 4.69) is 57.1 Å². The highest BCUT2D eigenvalue weighted by Crippen LogP contribution is 2.33. The lowest BCUT2D eigenvalue weighted by atomic mass is 10.0. The van der Waals surface area contributed by atoms with Gasteiger partial charge in [-0.05, 0) is 46.3 Å². The van der Waals surface area contributed by atoms with Crippen LogP contribution in [0.4, 0.5) is 0 Å². The first-order valence-electron chi connectivity index (χ1n) is 6.64. The number of nitrogens with one attached hydrogen (secondary N) is 1. The maximum atomic E-state index is 4.56. The average Bonchev–Trinajstić information content (AvgIpc) is 2.97. The van der Waals surface area contributed by atoms with E-state index >= 15 is 0 Å². The summed E-state index contributed by atoms with van der Waals surface area (Å²) in [6.45, 7) is 5.35. The predicted octanol–water partition coefficient (Wildman–Crippen LogP) is 3.90. The van der Waals surface area contributed by atoms with Gasteiger partial charge in [-0.2, -0.15) is 16.4 Å². The van der Waals surface area contributed by atoms with Gasteiger partial charge in [-0.1, -0.05) is 13.8 Å². The molecule has 0 radical (unpaired) electrons. The fourth-order valence-corrected chi connectivity index (χ4v) is 3.79. The van der Waals surface area contributed by atoms with E-state index in [1.165, 1.54) is 21.3 Å². The van der Waals surface area contributed by atoms with E-state index in [-0.39, 0.29) is 6.04 Å². The maximum absolute atomic E-state index is 4.56. The predicted molar refractivity (Wildman–Crippen MR) is 84.7 cm³/mol. The summed E-state index contributed by atoms with van der Waals surface area (Å²) in [5, 5.41) is 12.6. The monoisotopic (exact) mass is 341 g/mol. The molecule has 19 heavy (non-hydrogen) atoms. The molecule has 0 saturated carbocycles. The Labute approximate surface area is 127 Å². The van der Waals surface area contributed by atoms with Gasteiger partial charge in [0.2, 0.25) is 0 Å². The molecule has 0 aromatic carbocycles. The second-order valence-electron chi connectivity index (χ2n) is 4.62. The summed E-state index contributed by atoms with van der Waals surface area (Å²) in [6, 6.07) is 0.226. The van der Waals surface area contributed by atoms with Crippen molar-refractivity contribution in [2.24, 2.45) is 7.05 Å². The lowest BCUT2D eigenvalue weighted by Crippen LogP contribution is -2.23. The number of aromatic nitrogens is 2. The molecule has 0 amide bonds. The normalized spacial score (nSPS) is 12.8. The third kappa shape index (κ3) is 3.27. The van der Waals surface area contributed by atoms with Gasteiger partial charge in [-0.15, -0.1) is 0 Å². The van der Waals surface area contributed by atoms with Crippen LogP contribution in [0.3, 0.4) is 0 Å². The molecule has 5 heteroatoms. The topological polar surface area (TPSA) is 29.9 Å². The van der Waals surface area contributed by atoms with Gasteiger partial charge in [0, 0.05) is 28.7 Å². The minimum Gasteiger partial charge on any atom is -0.306 e. The van der Waals surface area contributed by atoms with Crippen molar-refractivity contribution in [3.8, 4) is 0 Å². The molecular weight excluding hydrogens is 322 g/mol. The Morgan fingerprint density at radius 2 is 2.16 bits per heavy atom. The molecule has 1 unspecified atom stereocenters. The number of aryl methyl sites for hydroxylation is 2. The Morgan fingerprint density at radius 3 is 2.74 bits per heavy atom. The molecule has 1 atom stereocenters. The van der Waals surface area contributed by atoms with E-state index in [1.54, 1.807) is 11.3 Å². The second-order valence-corrected chi connectivity index (χ2v) is 6.22. The number of nitrogens with zero attached hydrogens (tertiary/aromatic N) is 2. The van der Waals surface area contributed by atoms with Crippen LogP contribution in [0.2, 0.25) is 0 Å². The summed E-state index contributed by atoms with van der Waals surface area (Å²) in [4.78, 5) is 0. The zero-order chi connectivity index (χ0) is 13.8. The molecule has 0 bridgehead atoms. The SMILES string of the molecule is CCCNC(c1cscc1Br)c1cn(C)nc1CC. The fourth-order valence-electron chi connectivity index (χ4n) is 2.24. The van der Waals surface area contributed by atoms with Crippen molar-refractivity contribution in [2.45, 2.75) is 32.7 Å². The summed E-state index contributed by atoms with van der Waals surface area (Å²) in [5.41, 5.74) is 3.77. The van der Waals surface area contributed by atoms with Crippen LogP contribution in [0.5, 0.6) is 0 Å². The number of rotatable bonds is 6. The molecule has 1 N–H and O–H groups in total. The Bertz CT molecular complexity index is 533. The molecule has 0 aliphatic heterocycles. The Hall–Kier alpha value is -0.650. The average molecular weight is 342 g/mol. The lowest BCUT2D eigenvalue weighted by Gasteiger charge is -2.18. The molecule has 0 fully saturated rings. The van der Waals surface area contributed by atoms with Gasteiger partial charge >= 0.3 is 0 Å². The smallest absolute Gasteiger partial charge is 0.0673 e. The van der Waals surface area contributed by atoms with Crippen molar-refractivity contribution in [3.05, 3.63) is 38.3 Å². The second kappa shape index (κ2) is 6.68. The minimum absolute atomic E-state index is 0.226. The molecule has 104 valence electrons. The maximum Gasteiger partial charge on any atom is 0.0673 e. The Morgan fingerprint density at radius 1 is 1.37 bits per heavy atom. The zero-order valence-electron chi connectivity index (χ0n) is 11.6. The summed E-state index contributed by atoms with van der Waals surface area (Å²) < 4.78 is 3.09. The molecular formula is C14H20BrN3S. The molecule has 0 spiro atoms. The zero-order valence-corrected chi connectivity index (χ0v) is 14.0. The van der Waals surface area contributed by atoms with E-state index in [0.717, 1.165) is 19.4 Å². The Balaban J connectivity index is 2.39. The van der Waals surface area contributed by atoms with Gasteiger partial charge in [0.05, 0.1) is 11.7 Å². The van der Waals surface area contributed by atoms with Gasteiger partial charge < -0.3 is 5.32 Å². The highest BCUT2D eigenvalue weighted by atomic mass is 79.9. The van der Waals surface area contributed by atoms with Crippen molar-refractivity contribution < 1.29 is 0 Å². The van der Waals surface area contributed by atoms with Crippen LogP contribution >= 0.6 is 27.3 Å². The standard InChI is InChI=1S/C14H20BrN3S/c1-4-6-16-14(11-8-19-9-12(11)15)10-7-18(3)17-13(10)5-2/h7-9,14,16H,4-6H2,1-3H3. The first-order chi connectivity index (χ1) is 9.17. The number of hydrogen-bond donors (Lipinski definition) is 1.